The number of nitrogen functional groups attached to an aromatic ring is 1. The van der Waals surface area contributed by atoms with Crippen molar-refractivity contribution >= 4 is 17.2 Å². The highest BCUT2D eigenvalue weighted by Crippen LogP contribution is 2.39. The van der Waals surface area contributed by atoms with Gasteiger partial charge in [-0.25, -0.2) is 4.98 Å². The predicted octanol–water partition coefficient (Wildman–Crippen LogP) is 4.23. The van der Waals surface area contributed by atoms with Gasteiger partial charge in [0.1, 0.15) is 17.5 Å². The molecule has 0 aliphatic heterocycles. The van der Waals surface area contributed by atoms with E-state index in [2.05, 4.69) is 29.4 Å². The van der Waals surface area contributed by atoms with Crippen molar-refractivity contribution in [1.29, 1.82) is 5.26 Å². The minimum absolute atomic E-state index is 0.389. The largest absolute Gasteiger partial charge is 0.383 e. The van der Waals surface area contributed by atoms with E-state index in [1.165, 1.54) is 35.3 Å². The van der Waals surface area contributed by atoms with Crippen molar-refractivity contribution in [3.05, 3.63) is 33.8 Å². The van der Waals surface area contributed by atoms with Crippen LogP contribution >= 0.6 is 11.3 Å². The average Bonchev–Trinajstić information content (AvgIpc) is 2.86. The van der Waals surface area contributed by atoms with Gasteiger partial charge in [-0.1, -0.05) is 12.8 Å². The van der Waals surface area contributed by atoms with Crippen LogP contribution in [0.1, 0.15) is 48.1 Å². The maximum Gasteiger partial charge on any atom is 0.142 e. The van der Waals surface area contributed by atoms with E-state index in [1.807, 2.05) is 0 Å². The normalized spacial score (nSPS) is 14.9. The molecule has 2 aromatic heterocycles. The summed E-state index contributed by atoms with van der Waals surface area (Å²) in [6, 6.07) is 4.39. The number of nitrogens with zero attached hydrogens (tertiary/aromatic N) is 2. The van der Waals surface area contributed by atoms with Gasteiger partial charge in [-0.3, -0.25) is 0 Å². The van der Waals surface area contributed by atoms with E-state index in [1.54, 1.807) is 11.3 Å². The highest BCUT2D eigenvalue weighted by molar-refractivity contribution is 7.13. The molecule has 0 aromatic carbocycles. The Kier molecular flexibility index (Phi) is 3.94. The molecule has 2 N–H and O–H groups in total. The van der Waals surface area contributed by atoms with E-state index in [-0.39, 0.29) is 0 Å². The fourth-order valence-electron chi connectivity index (χ4n) is 3.11. The molecule has 0 fully saturated rings. The summed E-state index contributed by atoms with van der Waals surface area (Å²) in [6.45, 7) is 2.10. The van der Waals surface area contributed by atoms with E-state index in [0.717, 1.165) is 30.5 Å². The van der Waals surface area contributed by atoms with Gasteiger partial charge in [0.15, 0.2) is 0 Å². The maximum absolute atomic E-state index is 9.55. The topological polar surface area (TPSA) is 62.7 Å². The van der Waals surface area contributed by atoms with Crippen molar-refractivity contribution < 1.29 is 0 Å². The lowest BCUT2D eigenvalue weighted by Crippen LogP contribution is -2.10. The summed E-state index contributed by atoms with van der Waals surface area (Å²) in [5.41, 5.74) is 11.3. The summed E-state index contributed by atoms with van der Waals surface area (Å²) in [5.74, 6) is 0.389. The summed E-state index contributed by atoms with van der Waals surface area (Å²) in [5, 5.41) is 11.6. The number of hydrogen-bond donors (Lipinski definition) is 1. The number of fused-ring (bicyclic) bond motifs is 1. The van der Waals surface area contributed by atoms with Crippen LogP contribution in [0.4, 0.5) is 5.82 Å². The Morgan fingerprint density at radius 3 is 2.67 bits per heavy atom. The standard InChI is InChI=1S/C17H19N3S/c1-11-8-9-21-16(11)15-12-6-4-2-3-5-7-14(12)20-17(19)13(15)10-18/h8-9H,2-7H2,1H3,(H2,19,20). The Hall–Kier alpha value is -1.86. The summed E-state index contributed by atoms with van der Waals surface area (Å²) < 4.78 is 0. The molecule has 0 atom stereocenters. The number of aryl methyl sites for hydroxylation is 2. The van der Waals surface area contributed by atoms with E-state index in [0.29, 0.717) is 11.4 Å². The molecule has 0 amide bonds. The van der Waals surface area contributed by atoms with Gasteiger partial charge >= 0.3 is 0 Å². The molecule has 0 unspecified atom stereocenters. The molecule has 0 bridgehead atoms. The monoisotopic (exact) mass is 297 g/mol. The fourth-order valence-corrected chi connectivity index (χ4v) is 4.11. The zero-order chi connectivity index (χ0) is 14.8. The number of hydrogen-bond acceptors (Lipinski definition) is 4. The fraction of sp³-hybridized carbons (Fsp3) is 0.412. The Labute approximate surface area is 129 Å². The first-order valence-corrected chi connectivity index (χ1v) is 8.36. The van der Waals surface area contributed by atoms with Gasteiger partial charge in [-0.2, -0.15) is 5.26 Å². The van der Waals surface area contributed by atoms with Gasteiger partial charge in [-0.05, 0) is 55.2 Å². The third-order valence-corrected chi connectivity index (χ3v) is 5.24. The molecule has 0 saturated carbocycles. The summed E-state index contributed by atoms with van der Waals surface area (Å²) >= 11 is 1.69. The lowest BCUT2D eigenvalue weighted by molar-refractivity contribution is 0.610. The SMILES string of the molecule is Cc1ccsc1-c1c(C#N)c(N)nc2c1CCCCCC2. The molecule has 0 saturated heterocycles. The van der Waals surface area contributed by atoms with E-state index >= 15 is 0 Å². The van der Waals surface area contributed by atoms with Crippen molar-refractivity contribution in [2.75, 3.05) is 5.73 Å². The summed E-state index contributed by atoms with van der Waals surface area (Å²) in [4.78, 5) is 5.72. The van der Waals surface area contributed by atoms with Crippen molar-refractivity contribution in [3.8, 4) is 16.5 Å². The number of thiophene rings is 1. The van der Waals surface area contributed by atoms with Crippen LogP contribution in [0.5, 0.6) is 0 Å². The number of anilines is 1. The van der Waals surface area contributed by atoms with Crippen LogP contribution in [-0.4, -0.2) is 4.98 Å². The van der Waals surface area contributed by atoms with Crippen molar-refractivity contribution in [2.24, 2.45) is 0 Å². The Morgan fingerprint density at radius 2 is 2.00 bits per heavy atom. The number of aromatic nitrogens is 1. The van der Waals surface area contributed by atoms with Crippen molar-refractivity contribution in [3.63, 3.8) is 0 Å². The quantitative estimate of drug-likeness (QED) is 0.856. The Bertz CT molecular complexity index is 710. The van der Waals surface area contributed by atoms with Gasteiger partial charge < -0.3 is 5.73 Å². The van der Waals surface area contributed by atoms with Crippen molar-refractivity contribution in [2.45, 2.75) is 45.4 Å². The molecular formula is C17H19N3S. The molecule has 1 aliphatic rings. The van der Waals surface area contributed by atoms with Crippen LogP contribution in [-0.2, 0) is 12.8 Å². The second-order valence-electron chi connectivity index (χ2n) is 5.63. The van der Waals surface area contributed by atoms with Crippen LogP contribution in [0.2, 0.25) is 0 Å². The summed E-state index contributed by atoms with van der Waals surface area (Å²) in [6.07, 6.45) is 6.82. The third kappa shape index (κ3) is 2.54. The first-order chi connectivity index (χ1) is 10.2. The number of nitriles is 1. The number of pyridine rings is 1. The molecule has 3 rings (SSSR count). The lowest BCUT2D eigenvalue weighted by Gasteiger charge is -2.19. The lowest BCUT2D eigenvalue weighted by atomic mass is 9.90. The van der Waals surface area contributed by atoms with Crippen LogP contribution in [0.25, 0.3) is 10.4 Å². The van der Waals surface area contributed by atoms with Crippen LogP contribution in [0, 0.1) is 18.3 Å². The first kappa shape index (κ1) is 14.1. The maximum atomic E-state index is 9.55. The number of nitrogens with two attached hydrogens (primary N) is 1. The molecule has 108 valence electrons. The van der Waals surface area contributed by atoms with Crippen LogP contribution in [0.15, 0.2) is 11.4 Å². The van der Waals surface area contributed by atoms with Crippen LogP contribution in [0.3, 0.4) is 0 Å². The zero-order valence-corrected chi connectivity index (χ0v) is 13.1. The molecule has 0 radical (unpaired) electrons. The Balaban J connectivity index is 2.29. The molecule has 21 heavy (non-hydrogen) atoms. The molecule has 2 heterocycles. The second-order valence-corrected chi connectivity index (χ2v) is 6.55. The Morgan fingerprint density at radius 1 is 1.24 bits per heavy atom. The highest BCUT2D eigenvalue weighted by atomic mass is 32.1. The van der Waals surface area contributed by atoms with E-state index in [4.69, 9.17) is 5.73 Å². The molecule has 3 nitrogen and oxygen atoms in total. The van der Waals surface area contributed by atoms with E-state index in [9.17, 15) is 5.26 Å². The van der Waals surface area contributed by atoms with Gasteiger partial charge in [0.2, 0.25) is 0 Å². The molecular weight excluding hydrogens is 278 g/mol. The van der Waals surface area contributed by atoms with Gasteiger partial charge in [-0.15, -0.1) is 11.3 Å². The summed E-state index contributed by atoms with van der Waals surface area (Å²) in [7, 11) is 0. The highest BCUT2D eigenvalue weighted by Gasteiger charge is 2.22. The second kappa shape index (κ2) is 5.87. The molecule has 4 heteroatoms. The zero-order valence-electron chi connectivity index (χ0n) is 12.3. The molecule has 0 spiro atoms. The molecule has 2 aromatic rings. The van der Waals surface area contributed by atoms with Crippen molar-refractivity contribution in [1.82, 2.24) is 4.98 Å². The van der Waals surface area contributed by atoms with Gasteiger partial charge in [0.25, 0.3) is 0 Å². The van der Waals surface area contributed by atoms with Crippen LogP contribution < -0.4 is 5.73 Å². The first-order valence-electron chi connectivity index (χ1n) is 7.48. The predicted molar refractivity (Wildman–Crippen MR) is 87.3 cm³/mol. The van der Waals surface area contributed by atoms with Gasteiger partial charge in [0.05, 0.1) is 0 Å². The minimum Gasteiger partial charge on any atom is -0.383 e. The average molecular weight is 297 g/mol. The number of rotatable bonds is 1. The third-order valence-electron chi connectivity index (χ3n) is 4.20. The van der Waals surface area contributed by atoms with Gasteiger partial charge in [0, 0.05) is 16.1 Å². The van der Waals surface area contributed by atoms with E-state index < -0.39 is 0 Å². The molecule has 1 aliphatic carbocycles. The smallest absolute Gasteiger partial charge is 0.142 e. The minimum atomic E-state index is 0.389.